The van der Waals surface area contributed by atoms with E-state index < -0.39 is 22.0 Å². The van der Waals surface area contributed by atoms with E-state index >= 15 is 0 Å². The topological polar surface area (TPSA) is 63.7 Å². The van der Waals surface area contributed by atoms with Gasteiger partial charge in [-0.05, 0) is 53.4 Å². The molecule has 8 heteroatoms. The quantitative estimate of drug-likeness (QED) is 0.678. The highest BCUT2D eigenvalue weighted by Crippen LogP contribution is 2.34. The Morgan fingerprint density at radius 1 is 1.33 bits per heavy atom. The number of halogens is 2. The lowest BCUT2D eigenvalue weighted by atomic mass is 10.2. The monoisotopic (exact) mass is 439 g/mol. The van der Waals surface area contributed by atoms with E-state index in [0.29, 0.717) is 28.3 Å². The molecule has 1 atom stereocenters. The summed E-state index contributed by atoms with van der Waals surface area (Å²) in [5.41, 5.74) is 0.923. The summed E-state index contributed by atoms with van der Waals surface area (Å²) in [4.78, 5) is 11.9. The van der Waals surface area contributed by atoms with Crippen molar-refractivity contribution in [2.24, 2.45) is 0 Å². The molecule has 0 aromatic heterocycles. The van der Waals surface area contributed by atoms with E-state index in [9.17, 15) is 13.2 Å². The summed E-state index contributed by atoms with van der Waals surface area (Å²) in [6.07, 6.45) is 1.13. The van der Waals surface area contributed by atoms with Crippen molar-refractivity contribution < 1.29 is 17.9 Å². The van der Waals surface area contributed by atoms with E-state index in [0.717, 1.165) is 5.56 Å². The second-order valence-corrected chi connectivity index (χ2v) is 8.40. The van der Waals surface area contributed by atoms with E-state index in [1.807, 2.05) is 6.92 Å². The molecule has 1 aromatic rings. The predicted octanol–water partition coefficient (Wildman–Crippen LogP) is 2.85. The number of aryl methyl sites for hydroxylation is 1. The van der Waals surface area contributed by atoms with Crippen LogP contribution in [0, 0.1) is 6.92 Å². The summed E-state index contributed by atoms with van der Waals surface area (Å²) in [5.74, 6) is -0.515. The zero-order valence-electron chi connectivity index (χ0n) is 11.6. The zero-order chi connectivity index (χ0) is 15.8. The third kappa shape index (κ3) is 3.18. The number of benzene rings is 1. The van der Waals surface area contributed by atoms with Gasteiger partial charge >= 0.3 is 5.97 Å². The Bertz CT molecular complexity index is 675. The average molecular weight is 441 g/mol. The third-order valence-corrected chi connectivity index (χ3v) is 7.20. The molecule has 0 aliphatic carbocycles. The average Bonchev–Trinajstić information content (AvgIpc) is 2.91. The van der Waals surface area contributed by atoms with Gasteiger partial charge in [-0.2, -0.15) is 4.31 Å². The molecule has 116 valence electrons. The first kappa shape index (κ1) is 16.9. The molecule has 5 nitrogen and oxygen atoms in total. The van der Waals surface area contributed by atoms with Crippen molar-refractivity contribution in [3.8, 4) is 0 Å². The molecule has 2 rings (SSSR count). The van der Waals surface area contributed by atoms with E-state index in [2.05, 4.69) is 31.9 Å². The molecule has 1 aromatic carbocycles. The zero-order valence-corrected chi connectivity index (χ0v) is 15.6. The Morgan fingerprint density at radius 3 is 2.62 bits per heavy atom. The number of carbonyl (C=O) groups is 1. The Morgan fingerprint density at radius 2 is 2.00 bits per heavy atom. The molecule has 1 aliphatic rings. The molecule has 21 heavy (non-hydrogen) atoms. The minimum absolute atomic E-state index is 0.149. The van der Waals surface area contributed by atoms with Gasteiger partial charge in [-0.25, -0.2) is 8.42 Å². The van der Waals surface area contributed by atoms with Crippen LogP contribution in [-0.4, -0.2) is 38.4 Å². The number of hydrogen-bond donors (Lipinski definition) is 0. The standard InChI is InChI=1S/C13H15Br2NO4S/c1-8-6-10(15)12(7-9(8)14)21(18,19)16-5-3-4-11(16)13(17)20-2/h6-7,11H,3-5H2,1-2H3. The number of hydrogen-bond acceptors (Lipinski definition) is 4. The summed E-state index contributed by atoms with van der Waals surface area (Å²) < 4.78 is 32.8. The van der Waals surface area contributed by atoms with Crippen molar-refractivity contribution >= 4 is 47.9 Å². The number of rotatable bonds is 3. The van der Waals surface area contributed by atoms with Gasteiger partial charge in [-0.1, -0.05) is 15.9 Å². The summed E-state index contributed by atoms with van der Waals surface area (Å²) in [5, 5.41) is 0. The number of sulfonamides is 1. The Kier molecular flexibility index (Phi) is 5.12. The minimum atomic E-state index is -3.76. The normalized spacial score (nSPS) is 19.7. The fourth-order valence-corrected chi connectivity index (χ4v) is 5.64. The van der Waals surface area contributed by atoms with E-state index in [-0.39, 0.29) is 4.90 Å². The highest BCUT2D eigenvalue weighted by molar-refractivity contribution is 9.11. The highest BCUT2D eigenvalue weighted by Gasteiger charge is 2.40. The van der Waals surface area contributed by atoms with Crippen LogP contribution in [0.3, 0.4) is 0 Å². The molecule has 0 N–H and O–H groups in total. The van der Waals surface area contributed by atoms with Crippen molar-refractivity contribution in [1.29, 1.82) is 0 Å². The molecule has 0 saturated carbocycles. The molecular weight excluding hydrogens is 426 g/mol. The molecule has 0 radical (unpaired) electrons. The summed E-state index contributed by atoms with van der Waals surface area (Å²) in [6, 6.07) is 2.55. The van der Waals surface area contributed by atoms with Crippen LogP contribution in [0.5, 0.6) is 0 Å². The van der Waals surface area contributed by atoms with Crippen LogP contribution < -0.4 is 0 Å². The number of methoxy groups -OCH3 is 1. The molecule has 1 fully saturated rings. The van der Waals surface area contributed by atoms with Gasteiger partial charge in [0.05, 0.1) is 12.0 Å². The maximum absolute atomic E-state index is 12.8. The maximum Gasteiger partial charge on any atom is 0.324 e. The van der Waals surface area contributed by atoms with Crippen molar-refractivity contribution in [1.82, 2.24) is 4.31 Å². The highest BCUT2D eigenvalue weighted by atomic mass is 79.9. The Balaban J connectivity index is 2.47. The van der Waals surface area contributed by atoms with Gasteiger partial charge in [0.2, 0.25) is 10.0 Å². The lowest BCUT2D eigenvalue weighted by Crippen LogP contribution is -2.41. The molecule has 1 saturated heterocycles. The SMILES string of the molecule is COC(=O)C1CCCN1S(=O)(=O)c1cc(Br)c(C)cc1Br. The lowest BCUT2D eigenvalue weighted by molar-refractivity contribution is -0.144. The number of carbonyl (C=O) groups excluding carboxylic acids is 1. The van der Waals surface area contributed by atoms with E-state index in [1.165, 1.54) is 11.4 Å². The second kappa shape index (κ2) is 6.36. The summed E-state index contributed by atoms with van der Waals surface area (Å²) >= 11 is 6.64. The van der Waals surface area contributed by atoms with Gasteiger partial charge in [-0.3, -0.25) is 4.79 Å². The second-order valence-electron chi connectivity index (χ2n) is 4.83. The minimum Gasteiger partial charge on any atom is -0.468 e. The molecule has 0 bridgehead atoms. The molecule has 0 amide bonds. The van der Waals surface area contributed by atoms with Gasteiger partial charge in [-0.15, -0.1) is 0 Å². The summed E-state index contributed by atoms with van der Waals surface area (Å²) in [6.45, 7) is 2.19. The van der Waals surface area contributed by atoms with E-state index in [1.54, 1.807) is 12.1 Å². The van der Waals surface area contributed by atoms with Crippen LogP contribution in [0.25, 0.3) is 0 Å². The van der Waals surface area contributed by atoms with Gasteiger partial charge in [0, 0.05) is 15.5 Å². The Labute approximate surface area is 141 Å². The van der Waals surface area contributed by atoms with Crippen molar-refractivity contribution in [3.63, 3.8) is 0 Å². The van der Waals surface area contributed by atoms with Crippen molar-refractivity contribution in [2.75, 3.05) is 13.7 Å². The first-order valence-electron chi connectivity index (χ1n) is 6.34. The molecule has 1 aliphatic heterocycles. The molecule has 1 heterocycles. The first-order chi connectivity index (χ1) is 9.78. The fourth-order valence-electron chi connectivity index (χ4n) is 2.35. The third-order valence-electron chi connectivity index (χ3n) is 3.48. The number of ether oxygens (including phenoxy) is 1. The van der Waals surface area contributed by atoms with Crippen molar-refractivity contribution in [2.45, 2.75) is 30.7 Å². The van der Waals surface area contributed by atoms with Crippen molar-refractivity contribution in [3.05, 3.63) is 26.6 Å². The fraction of sp³-hybridized carbons (Fsp3) is 0.462. The van der Waals surface area contributed by atoms with Crippen LogP contribution in [0.1, 0.15) is 18.4 Å². The largest absolute Gasteiger partial charge is 0.468 e. The van der Waals surface area contributed by atoms with Crippen LogP contribution in [0.4, 0.5) is 0 Å². The van der Waals surface area contributed by atoms with Crippen LogP contribution in [0.2, 0.25) is 0 Å². The maximum atomic E-state index is 12.8. The number of esters is 1. The summed E-state index contributed by atoms with van der Waals surface area (Å²) in [7, 11) is -2.49. The van der Waals surface area contributed by atoms with Crippen LogP contribution in [-0.2, 0) is 19.6 Å². The van der Waals surface area contributed by atoms with Gasteiger partial charge in [0.25, 0.3) is 0 Å². The molecule has 1 unspecified atom stereocenters. The number of nitrogens with zero attached hydrogens (tertiary/aromatic N) is 1. The molecule has 0 spiro atoms. The Hall–Kier alpha value is -0.440. The van der Waals surface area contributed by atoms with Crippen LogP contribution in [0.15, 0.2) is 26.0 Å². The van der Waals surface area contributed by atoms with Gasteiger partial charge in [0.1, 0.15) is 6.04 Å². The first-order valence-corrected chi connectivity index (χ1v) is 9.37. The van der Waals surface area contributed by atoms with Crippen LogP contribution >= 0.6 is 31.9 Å². The lowest BCUT2D eigenvalue weighted by Gasteiger charge is -2.23. The smallest absolute Gasteiger partial charge is 0.324 e. The predicted molar refractivity (Wildman–Crippen MR) is 85.5 cm³/mol. The molecular formula is C13H15Br2NO4S. The van der Waals surface area contributed by atoms with E-state index in [4.69, 9.17) is 4.74 Å². The van der Waals surface area contributed by atoms with Gasteiger partial charge < -0.3 is 4.74 Å². The van der Waals surface area contributed by atoms with Gasteiger partial charge in [0.15, 0.2) is 0 Å².